The summed E-state index contributed by atoms with van der Waals surface area (Å²) in [5.74, 6) is 2.12. The van der Waals surface area contributed by atoms with Crippen molar-refractivity contribution in [3.8, 4) is 28.5 Å². The molecule has 1 aliphatic rings. The van der Waals surface area contributed by atoms with Gasteiger partial charge in [0.15, 0.2) is 6.61 Å². The molecule has 0 N–H and O–H groups in total. The van der Waals surface area contributed by atoms with Crippen LogP contribution in [0.2, 0.25) is 0 Å². The summed E-state index contributed by atoms with van der Waals surface area (Å²) in [6.45, 7) is 4.89. The summed E-state index contributed by atoms with van der Waals surface area (Å²) in [6, 6.07) is 13.2. The van der Waals surface area contributed by atoms with Gasteiger partial charge >= 0.3 is 0 Å². The fraction of sp³-hybridized carbons (Fsp3) is 0.273. The van der Waals surface area contributed by atoms with Crippen molar-refractivity contribution in [3.05, 3.63) is 52.3 Å². The smallest absolute Gasteiger partial charge is 0.265 e. The quantitative estimate of drug-likeness (QED) is 0.608. The maximum atomic E-state index is 12.5. The Morgan fingerprint density at radius 2 is 1.90 bits per heavy atom. The van der Waals surface area contributed by atoms with Crippen LogP contribution < -0.4 is 19.1 Å². The van der Waals surface area contributed by atoms with Crippen LogP contribution in [0.3, 0.4) is 0 Å². The van der Waals surface area contributed by atoms with Crippen molar-refractivity contribution in [2.45, 2.75) is 13.8 Å². The molecule has 7 heteroatoms. The third-order valence-corrected chi connectivity index (χ3v) is 5.61. The molecule has 3 aromatic rings. The minimum absolute atomic E-state index is 0.0315. The number of aryl methyl sites for hydroxylation is 2. The van der Waals surface area contributed by atoms with Gasteiger partial charge in [-0.1, -0.05) is 0 Å². The van der Waals surface area contributed by atoms with Gasteiger partial charge in [-0.15, -0.1) is 11.3 Å². The highest BCUT2D eigenvalue weighted by molar-refractivity contribution is 7.11. The zero-order valence-electron chi connectivity index (χ0n) is 16.6. The summed E-state index contributed by atoms with van der Waals surface area (Å²) >= 11 is 1.67. The van der Waals surface area contributed by atoms with Gasteiger partial charge in [-0.2, -0.15) is 0 Å². The summed E-state index contributed by atoms with van der Waals surface area (Å²) in [5, 5.41) is 1.02. The largest absolute Gasteiger partial charge is 0.497 e. The van der Waals surface area contributed by atoms with E-state index in [2.05, 4.69) is 11.9 Å². The highest BCUT2D eigenvalue weighted by Gasteiger charge is 2.26. The summed E-state index contributed by atoms with van der Waals surface area (Å²) in [6.07, 6.45) is 0. The Hall–Kier alpha value is -3.06. The van der Waals surface area contributed by atoms with Crippen LogP contribution in [0.5, 0.6) is 17.2 Å². The number of hydrogen-bond donors (Lipinski definition) is 0. The minimum atomic E-state index is -0.0841. The molecule has 6 nitrogen and oxygen atoms in total. The van der Waals surface area contributed by atoms with E-state index in [0.29, 0.717) is 18.9 Å². The van der Waals surface area contributed by atoms with Crippen LogP contribution in [0.25, 0.3) is 11.3 Å². The Balaban J connectivity index is 1.52. The number of hydrogen-bond acceptors (Lipinski definition) is 6. The lowest BCUT2D eigenvalue weighted by molar-refractivity contribution is -0.121. The van der Waals surface area contributed by atoms with E-state index >= 15 is 0 Å². The lowest BCUT2D eigenvalue weighted by atomic mass is 10.1. The molecule has 1 aromatic heterocycles. The monoisotopic (exact) mass is 410 g/mol. The van der Waals surface area contributed by atoms with E-state index in [1.807, 2.05) is 49.4 Å². The molecule has 0 unspecified atom stereocenters. The van der Waals surface area contributed by atoms with Gasteiger partial charge in [0.25, 0.3) is 5.91 Å². The molecular formula is C22H22N2O4S. The number of fused-ring (bicyclic) bond motifs is 1. The molecule has 2 aromatic carbocycles. The molecule has 0 aliphatic carbocycles. The molecule has 29 heavy (non-hydrogen) atoms. The summed E-state index contributed by atoms with van der Waals surface area (Å²) < 4.78 is 16.6. The second-order valence-electron chi connectivity index (χ2n) is 6.68. The number of methoxy groups -OCH3 is 1. The Morgan fingerprint density at radius 3 is 2.59 bits per heavy atom. The second-order valence-corrected chi connectivity index (χ2v) is 8.09. The maximum absolute atomic E-state index is 12.5. The molecular weight excluding hydrogens is 388 g/mol. The molecule has 2 heterocycles. The second kappa shape index (κ2) is 8.13. The lowest BCUT2D eigenvalue weighted by Crippen LogP contribution is -2.41. The molecule has 4 rings (SSSR count). The summed E-state index contributed by atoms with van der Waals surface area (Å²) in [7, 11) is 1.63. The maximum Gasteiger partial charge on any atom is 0.265 e. The zero-order chi connectivity index (χ0) is 20.4. The van der Waals surface area contributed by atoms with Crippen LogP contribution in [-0.2, 0) is 4.79 Å². The molecule has 0 saturated carbocycles. The minimum Gasteiger partial charge on any atom is -0.497 e. The lowest BCUT2D eigenvalue weighted by Gasteiger charge is -2.29. The van der Waals surface area contributed by atoms with Gasteiger partial charge < -0.3 is 19.1 Å². The number of aromatic nitrogens is 1. The van der Waals surface area contributed by atoms with E-state index in [9.17, 15) is 4.79 Å². The van der Waals surface area contributed by atoms with Gasteiger partial charge in [-0.05, 0) is 56.3 Å². The van der Waals surface area contributed by atoms with Gasteiger partial charge in [0.2, 0.25) is 0 Å². The average Bonchev–Trinajstić information content (AvgIpc) is 3.07. The Bertz CT molecular complexity index is 1030. The topological polar surface area (TPSA) is 60.9 Å². The van der Waals surface area contributed by atoms with Gasteiger partial charge in [-0.3, -0.25) is 4.79 Å². The van der Waals surface area contributed by atoms with Crippen molar-refractivity contribution in [2.24, 2.45) is 0 Å². The molecule has 1 amide bonds. The molecule has 0 radical (unpaired) electrons. The normalized spacial score (nSPS) is 13.1. The molecule has 1 aliphatic heterocycles. The molecule has 150 valence electrons. The van der Waals surface area contributed by atoms with Gasteiger partial charge in [0.1, 0.15) is 23.9 Å². The van der Waals surface area contributed by atoms with Crippen molar-refractivity contribution < 1.29 is 19.0 Å². The first-order valence-electron chi connectivity index (χ1n) is 9.33. The number of anilines is 1. The zero-order valence-corrected chi connectivity index (χ0v) is 17.4. The van der Waals surface area contributed by atoms with Crippen LogP contribution in [0.1, 0.15) is 9.88 Å². The van der Waals surface area contributed by atoms with Crippen LogP contribution in [0, 0.1) is 13.8 Å². The van der Waals surface area contributed by atoms with Crippen molar-refractivity contribution in [1.82, 2.24) is 4.98 Å². The number of nitrogens with zero attached hydrogens (tertiary/aromatic N) is 2. The van der Waals surface area contributed by atoms with Crippen LogP contribution >= 0.6 is 11.3 Å². The average molecular weight is 410 g/mol. The predicted molar refractivity (Wildman–Crippen MR) is 113 cm³/mol. The van der Waals surface area contributed by atoms with E-state index < -0.39 is 0 Å². The van der Waals surface area contributed by atoms with E-state index in [1.165, 1.54) is 0 Å². The molecule has 0 saturated heterocycles. The molecule has 0 bridgehead atoms. The van der Waals surface area contributed by atoms with Crippen molar-refractivity contribution in [3.63, 3.8) is 0 Å². The standard InChI is InChI=1S/C22H22N2O4S/c1-14-22(23-15(2)29-14)16-4-9-20-19(12-16)24(21(25)13-28-20)10-11-27-18-7-5-17(26-3)6-8-18/h4-9,12H,10-11,13H2,1-3H3. The summed E-state index contributed by atoms with van der Waals surface area (Å²) in [4.78, 5) is 20.0. The highest BCUT2D eigenvalue weighted by atomic mass is 32.1. The number of carbonyl (C=O) groups is 1. The van der Waals surface area contributed by atoms with E-state index in [0.717, 1.165) is 38.3 Å². The van der Waals surface area contributed by atoms with Gasteiger partial charge in [-0.25, -0.2) is 4.98 Å². The third kappa shape index (κ3) is 4.05. The highest BCUT2D eigenvalue weighted by Crippen LogP contribution is 2.37. The van der Waals surface area contributed by atoms with Gasteiger partial charge in [0.05, 0.1) is 30.0 Å². The first-order chi connectivity index (χ1) is 14.0. The van der Waals surface area contributed by atoms with Crippen molar-refractivity contribution in [2.75, 3.05) is 31.8 Å². The number of amides is 1. The fourth-order valence-electron chi connectivity index (χ4n) is 3.32. The van der Waals surface area contributed by atoms with Crippen LogP contribution in [-0.4, -0.2) is 37.8 Å². The number of ether oxygens (including phenoxy) is 3. The number of benzene rings is 2. The van der Waals surface area contributed by atoms with Crippen molar-refractivity contribution >= 4 is 22.9 Å². The Labute approximate surface area is 173 Å². The Kier molecular flexibility index (Phi) is 5.40. The van der Waals surface area contributed by atoms with Crippen molar-refractivity contribution in [1.29, 1.82) is 0 Å². The van der Waals surface area contributed by atoms with E-state index in [-0.39, 0.29) is 12.5 Å². The first-order valence-corrected chi connectivity index (χ1v) is 10.2. The van der Waals surface area contributed by atoms with E-state index in [1.54, 1.807) is 23.3 Å². The fourth-order valence-corrected chi connectivity index (χ4v) is 4.16. The molecule has 0 fully saturated rings. The summed E-state index contributed by atoms with van der Waals surface area (Å²) in [5.41, 5.74) is 2.68. The van der Waals surface area contributed by atoms with Crippen LogP contribution in [0.15, 0.2) is 42.5 Å². The SMILES string of the molecule is COc1ccc(OCCN2C(=O)COc3ccc(-c4nc(C)sc4C)cc32)cc1. The Morgan fingerprint density at radius 1 is 1.14 bits per heavy atom. The molecule has 0 atom stereocenters. The number of thiazole rings is 1. The van der Waals surface area contributed by atoms with Crippen LogP contribution in [0.4, 0.5) is 5.69 Å². The molecule has 0 spiro atoms. The van der Waals surface area contributed by atoms with Gasteiger partial charge in [0, 0.05) is 10.4 Å². The first kappa shape index (κ1) is 19.3. The number of carbonyl (C=O) groups excluding carboxylic acids is 1. The third-order valence-electron chi connectivity index (χ3n) is 4.72. The van der Waals surface area contributed by atoms with E-state index in [4.69, 9.17) is 14.2 Å². The number of rotatable bonds is 6. The predicted octanol–water partition coefficient (Wildman–Crippen LogP) is 4.24.